The summed E-state index contributed by atoms with van der Waals surface area (Å²) < 4.78 is 0. The summed E-state index contributed by atoms with van der Waals surface area (Å²) in [5.41, 5.74) is 2.50. The number of aromatic nitrogens is 3. The minimum atomic E-state index is -0.691. The third-order valence-corrected chi connectivity index (χ3v) is 5.63. The minimum Gasteiger partial charge on any atom is -0.389 e. The summed E-state index contributed by atoms with van der Waals surface area (Å²) in [4.78, 5) is 16.8. The van der Waals surface area contributed by atoms with Crippen LogP contribution in [0.25, 0.3) is 11.0 Å². The maximum Gasteiger partial charge on any atom is 0.254 e. The lowest BCUT2D eigenvalue weighted by Crippen LogP contribution is -2.60. The van der Waals surface area contributed by atoms with Crippen LogP contribution in [0.1, 0.15) is 22.3 Å². The summed E-state index contributed by atoms with van der Waals surface area (Å²) in [7, 11) is 3.96. The molecule has 2 aromatic carbocycles. The molecular weight excluding hydrogens is 342 g/mol. The largest absolute Gasteiger partial charge is 0.389 e. The first-order valence-electron chi connectivity index (χ1n) is 9.03. The number of aliphatic hydroxyl groups is 1. The number of likely N-dealkylation sites (N-methyl/N-ethyl adjacent to an activating group) is 1. The number of nitrogens with one attached hydrogen (secondary N) is 1. The predicted octanol–water partition coefficient (Wildman–Crippen LogP) is 1.62. The zero-order valence-electron chi connectivity index (χ0n) is 15.5. The van der Waals surface area contributed by atoms with Gasteiger partial charge in [0.1, 0.15) is 11.0 Å². The highest BCUT2D eigenvalue weighted by Crippen LogP contribution is 2.38. The first kappa shape index (κ1) is 17.6. The summed E-state index contributed by atoms with van der Waals surface area (Å²) in [6.45, 7) is 0.850. The van der Waals surface area contributed by atoms with E-state index in [0.717, 1.165) is 11.1 Å². The molecule has 0 spiro atoms. The van der Waals surface area contributed by atoms with E-state index in [9.17, 15) is 9.90 Å². The van der Waals surface area contributed by atoms with Gasteiger partial charge in [-0.1, -0.05) is 30.3 Å². The Balaban J connectivity index is 1.59. The van der Waals surface area contributed by atoms with Crippen LogP contribution in [-0.4, -0.2) is 69.5 Å². The molecule has 140 valence electrons. The number of piperidine rings is 1. The Morgan fingerprint density at radius 3 is 2.63 bits per heavy atom. The SMILES string of the molecule is CN(C)[C@]1(c2ccccc2)CCN(C(=O)c2ccc3n[nH]nc3c2)C[C@H]1O. The number of carbonyl (C=O) groups excluding carboxylic acids is 1. The normalized spacial score (nSPS) is 23.1. The second-order valence-electron chi connectivity index (χ2n) is 7.23. The van der Waals surface area contributed by atoms with Gasteiger partial charge in [0.15, 0.2) is 0 Å². The molecule has 1 amide bonds. The number of aliphatic hydroxyl groups excluding tert-OH is 1. The van der Waals surface area contributed by atoms with Gasteiger partial charge in [-0.25, -0.2) is 0 Å². The van der Waals surface area contributed by atoms with E-state index in [1.807, 2.05) is 44.4 Å². The van der Waals surface area contributed by atoms with E-state index in [-0.39, 0.29) is 12.5 Å². The highest BCUT2D eigenvalue weighted by molar-refractivity contribution is 5.97. The van der Waals surface area contributed by atoms with Crippen molar-refractivity contribution in [3.8, 4) is 0 Å². The van der Waals surface area contributed by atoms with Gasteiger partial charge in [0.2, 0.25) is 0 Å². The van der Waals surface area contributed by atoms with Gasteiger partial charge in [-0.05, 0) is 44.3 Å². The number of amides is 1. The average Bonchev–Trinajstić information content (AvgIpc) is 3.15. The fraction of sp³-hybridized carbons (Fsp3) is 0.350. The summed E-state index contributed by atoms with van der Waals surface area (Å²) in [6, 6.07) is 15.3. The van der Waals surface area contributed by atoms with E-state index in [1.54, 1.807) is 23.1 Å². The number of H-pyrrole nitrogens is 1. The van der Waals surface area contributed by atoms with E-state index in [2.05, 4.69) is 20.3 Å². The number of nitrogens with zero attached hydrogens (tertiary/aromatic N) is 4. The summed E-state index contributed by atoms with van der Waals surface area (Å²) >= 11 is 0. The molecule has 2 atom stereocenters. The first-order chi connectivity index (χ1) is 13.0. The molecule has 1 aliphatic heterocycles. The maximum atomic E-state index is 13.0. The van der Waals surface area contributed by atoms with E-state index < -0.39 is 11.6 Å². The number of hydrogen-bond donors (Lipinski definition) is 2. The maximum absolute atomic E-state index is 13.0. The third kappa shape index (κ3) is 2.89. The summed E-state index contributed by atoms with van der Waals surface area (Å²) in [5, 5.41) is 21.7. The molecule has 0 saturated carbocycles. The van der Waals surface area contributed by atoms with Gasteiger partial charge in [-0.2, -0.15) is 15.4 Å². The van der Waals surface area contributed by atoms with Crippen LogP contribution >= 0.6 is 0 Å². The molecule has 1 aliphatic rings. The lowest BCUT2D eigenvalue weighted by atomic mass is 9.77. The Morgan fingerprint density at radius 2 is 1.93 bits per heavy atom. The van der Waals surface area contributed by atoms with Crippen molar-refractivity contribution in [3.63, 3.8) is 0 Å². The number of likely N-dealkylation sites (tertiary alicyclic amines) is 1. The number of β-amino-alcohol motifs (C(OH)–C–C–N with tert-alkyl or cyclic N) is 1. The number of fused-ring (bicyclic) bond motifs is 1. The third-order valence-electron chi connectivity index (χ3n) is 5.63. The van der Waals surface area contributed by atoms with Gasteiger partial charge >= 0.3 is 0 Å². The van der Waals surface area contributed by atoms with Gasteiger partial charge in [-0.15, -0.1) is 0 Å². The lowest BCUT2D eigenvalue weighted by molar-refractivity contribution is -0.0612. The molecule has 7 nitrogen and oxygen atoms in total. The molecule has 0 unspecified atom stereocenters. The van der Waals surface area contributed by atoms with Crippen LogP contribution < -0.4 is 0 Å². The monoisotopic (exact) mass is 365 g/mol. The Labute approximate surface area is 157 Å². The molecule has 1 fully saturated rings. The van der Waals surface area contributed by atoms with Crippen LogP contribution in [0, 0.1) is 0 Å². The Morgan fingerprint density at radius 1 is 1.19 bits per heavy atom. The summed E-state index contributed by atoms with van der Waals surface area (Å²) in [6.07, 6.45) is -0.0354. The average molecular weight is 365 g/mol. The van der Waals surface area contributed by atoms with Crippen molar-refractivity contribution < 1.29 is 9.90 Å². The molecule has 0 aliphatic carbocycles. The number of hydrogen-bond acceptors (Lipinski definition) is 5. The van der Waals surface area contributed by atoms with Crippen molar-refractivity contribution >= 4 is 16.9 Å². The number of aromatic amines is 1. The van der Waals surface area contributed by atoms with Crippen LogP contribution in [0.2, 0.25) is 0 Å². The van der Waals surface area contributed by atoms with Crippen molar-refractivity contribution in [1.82, 2.24) is 25.2 Å². The highest BCUT2D eigenvalue weighted by atomic mass is 16.3. The van der Waals surface area contributed by atoms with Crippen molar-refractivity contribution in [2.24, 2.45) is 0 Å². The molecule has 2 heterocycles. The zero-order chi connectivity index (χ0) is 19.0. The number of carbonyl (C=O) groups is 1. The van der Waals surface area contributed by atoms with E-state index in [1.165, 1.54) is 0 Å². The molecular formula is C20H23N5O2. The van der Waals surface area contributed by atoms with Crippen LogP contribution in [0.4, 0.5) is 0 Å². The van der Waals surface area contributed by atoms with Crippen molar-refractivity contribution in [2.75, 3.05) is 27.2 Å². The van der Waals surface area contributed by atoms with Gasteiger partial charge in [0.25, 0.3) is 5.91 Å². The van der Waals surface area contributed by atoms with Gasteiger partial charge < -0.3 is 10.0 Å². The van der Waals surface area contributed by atoms with Crippen molar-refractivity contribution in [3.05, 3.63) is 59.7 Å². The molecule has 3 aromatic rings. The Bertz CT molecular complexity index is 955. The number of rotatable bonds is 3. The zero-order valence-corrected chi connectivity index (χ0v) is 15.5. The van der Waals surface area contributed by atoms with Crippen LogP contribution in [0.5, 0.6) is 0 Å². The smallest absolute Gasteiger partial charge is 0.254 e. The standard InChI is InChI=1S/C20H23N5O2/c1-24(2)20(15-6-4-3-5-7-15)10-11-25(13-18(20)26)19(27)14-8-9-16-17(12-14)22-23-21-16/h3-9,12,18,26H,10-11,13H2,1-2H3,(H,21,22,23)/t18-,20+/m1/s1. The van der Waals surface area contributed by atoms with Crippen molar-refractivity contribution in [1.29, 1.82) is 0 Å². The Hall–Kier alpha value is -2.77. The molecule has 4 rings (SSSR count). The van der Waals surface area contributed by atoms with Crippen LogP contribution in [0.3, 0.4) is 0 Å². The predicted molar refractivity (Wildman–Crippen MR) is 102 cm³/mol. The fourth-order valence-electron chi connectivity index (χ4n) is 4.11. The Kier molecular flexibility index (Phi) is 4.41. The quantitative estimate of drug-likeness (QED) is 0.737. The molecule has 2 N–H and O–H groups in total. The molecule has 7 heteroatoms. The highest BCUT2D eigenvalue weighted by Gasteiger charge is 2.46. The minimum absolute atomic E-state index is 0.0978. The molecule has 1 saturated heterocycles. The topological polar surface area (TPSA) is 85.4 Å². The fourth-order valence-corrected chi connectivity index (χ4v) is 4.11. The van der Waals surface area contributed by atoms with Crippen LogP contribution in [-0.2, 0) is 5.54 Å². The van der Waals surface area contributed by atoms with E-state index >= 15 is 0 Å². The van der Waals surface area contributed by atoms with Crippen LogP contribution in [0.15, 0.2) is 48.5 Å². The van der Waals surface area contributed by atoms with Gasteiger partial charge in [-0.3, -0.25) is 9.69 Å². The molecule has 27 heavy (non-hydrogen) atoms. The second-order valence-corrected chi connectivity index (χ2v) is 7.23. The molecule has 0 radical (unpaired) electrons. The molecule has 1 aromatic heterocycles. The molecule has 0 bridgehead atoms. The van der Waals surface area contributed by atoms with Gasteiger partial charge in [0, 0.05) is 18.7 Å². The van der Waals surface area contributed by atoms with E-state index in [0.29, 0.717) is 24.0 Å². The number of benzene rings is 2. The first-order valence-corrected chi connectivity index (χ1v) is 9.03. The van der Waals surface area contributed by atoms with Gasteiger partial charge in [0.05, 0.1) is 11.6 Å². The lowest BCUT2D eigenvalue weighted by Gasteiger charge is -2.49. The second kappa shape index (κ2) is 6.75. The summed E-state index contributed by atoms with van der Waals surface area (Å²) in [5.74, 6) is -0.0978. The van der Waals surface area contributed by atoms with E-state index in [4.69, 9.17) is 0 Å². The van der Waals surface area contributed by atoms with Crippen molar-refractivity contribution in [2.45, 2.75) is 18.1 Å².